The Labute approximate surface area is 147 Å². The number of nitrogens with one attached hydrogen (secondary N) is 1. The summed E-state index contributed by atoms with van der Waals surface area (Å²) in [6, 6.07) is 11.6. The molecule has 3 rings (SSSR count). The number of nitrogens with zero attached hydrogens (tertiary/aromatic N) is 2. The number of rotatable bonds is 5. The minimum Gasteiger partial charge on any atom is -0.459 e. The number of aryl methyl sites for hydroxylation is 1. The molecule has 6 nitrogen and oxygen atoms in total. The maximum absolute atomic E-state index is 12.4. The van der Waals surface area contributed by atoms with E-state index >= 15 is 0 Å². The average Bonchev–Trinajstić information content (AvgIpc) is 3.07. The lowest BCUT2D eigenvalue weighted by atomic mass is 10.2. The molecule has 0 aliphatic carbocycles. The molecule has 0 spiro atoms. The molecule has 1 aliphatic heterocycles. The highest BCUT2D eigenvalue weighted by molar-refractivity contribution is 5.92. The van der Waals surface area contributed by atoms with E-state index in [-0.39, 0.29) is 11.8 Å². The largest absolute Gasteiger partial charge is 0.459 e. The van der Waals surface area contributed by atoms with Gasteiger partial charge in [-0.3, -0.25) is 14.5 Å². The molecule has 1 aromatic carbocycles. The van der Waals surface area contributed by atoms with E-state index in [1.165, 1.54) is 6.26 Å². The first-order valence-electron chi connectivity index (χ1n) is 8.50. The average molecular weight is 341 g/mol. The van der Waals surface area contributed by atoms with Crippen LogP contribution in [0.4, 0.5) is 0 Å². The van der Waals surface area contributed by atoms with E-state index in [4.69, 9.17) is 4.42 Å². The summed E-state index contributed by atoms with van der Waals surface area (Å²) in [7, 11) is 0. The Morgan fingerprint density at radius 3 is 2.44 bits per heavy atom. The molecule has 0 bridgehead atoms. The Morgan fingerprint density at radius 1 is 1.08 bits per heavy atom. The number of piperazine rings is 1. The number of carbonyl (C=O) groups is 2. The van der Waals surface area contributed by atoms with Crippen molar-refractivity contribution in [2.45, 2.75) is 13.5 Å². The fraction of sp³-hybridized carbons (Fsp3) is 0.368. The van der Waals surface area contributed by atoms with Crippen LogP contribution in [0, 0.1) is 6.92 Å². The van der Waals surface area contributed by atoms with Gasteiger partial charge < -0.3 is 14.6 Å². The molecule has 1 fully saturated rings. The molecule has 1 aliphatic rings. The Kier molecular flexibility index (Phi) is 5.50. The summed E-state index contributed by atoms with van der Waals surface area (Å²) in [6.07, 6.45) is 1.54. The van der Waals surface area contributed by atoms with Crippen molar-refractivity contribution in [3.05, 3.63) is 59.5 Å². The summed E-state index contributed by atoms with van der Waals surface area (Å²) in [6.45, 7) is 5.33. The first-order valence-corrected chi connectivity index (χ1v) is 8.50. The van der Waals surface area contributed by atoms with Gasteiger partial charge in [-0.25, -0.2) is 0 Å². The lowest BCUT2D eigenvalue weighted by molar-refractivity contribution is -0.122. The van der Waals surface area contributed by atoms with Crippen LogP contribution in [0.1, 0.15) is 21.7 Å². The maximum Gasteiger partial charge on any atom is 0.289 e. The minimum absolute atomic E-state index is 0.00510. The van der Waals surface area contributed by atoms with E-state index < -0.39 is 0 Å². The van der Waals surface area contributed by atoms with Gasteiger partial charge >= 0.3 is 0 Å². The second-order valence-corrected chi connectivity index (χ2v) is 6.26. The summed E-state index contributed by atoms with van der Waals surface area (Å²) in [5.41, 5.74) is 1.94. The van der Waals surface area contributed by atoms with Crippen molar-refractivity contribution in [2.75, 3.05) is 32.7 Å². The van der Waals surface area contributed by atoms with Gasteiger partial charge in [-0.1, -0.05) is 30.3 Å². The fourth-order valence-corrected chi connectivity index (χ4v) is 2.90. The van der Waals surface area contributed by atoms with Gasteiger partial charge in [-0.05, 0) is 18.6 Å². The van der Waals surface area contributed by atoms with Crippen LogP contribution in [0.25, 0.3) is 0 Å². The van der Waals surface area contributed by atoms with Crippen LogP contribution in [-0.2, 0) is 11.3 Å². The molecule has 0 saturated carbocycles. The zero-order valence-electron chi connectivity index (χ0n) is 14.4. The van der Waals surface area contributed by atoms with E-state index in [2.05, 4.69) is 10.2 Å². The van der Waals surface area contributed by atoms with Gasteiger partial charge in [0.15, 0.2) is 5.76 Å². The first kappa shape index (κ1) is 17.2. The smallest absolute Gasteiger partial charge is 0.289 e. The number of amides is 2. The molecule has 0 unspecified atom stereocenters. The third-order valence-electron chi connectivity index (χ3n) is 4.42. The van der Waals surface area contributed by atoms with Gasteiger partial charge in [0, 0.05) is 38.3 Å². The zero-order valence-corrected chi connectivity index (χ0v) is 14.4. The van der Waals surface area contributed by atoms with Crippen LogP contribution in [0.15, 0.2) is 47.1 Å². The molecule has 1 aromatic heterocycles. The lowest BCUT2D eigenvalue weighted by Gasteiger charge is -2.33. The summed E-state index contributed by atoms with van der Waals surface area (Å²) in [4.78, 5) is 28.3. The van der Waals surface area contributed by atoms with Crippen LogP contribution >= 0.6 is 0 Å². The van der Waals surface area contributed by atoms with Crippen LogP contribution in [0.3, 0.4) is 0 Å². The van der Waals surface area contributed by atoms with E-state index in [0.29, 0.717) is 45.0 Å². The zero-order chi connectivity index (χ0) is 17.6. The Bertz CT molecular complexity index is 719. The molecule has 0 atom stereocenters. The van der Waals surface area contributed by atoms with Crippen molar-refractivity contribution in [1.82, 2.24) is 15.1 Å². The van der Waals surface area contributed by atoms with Gasteiger partial charge in [-0.2, -0.15) is 0 Å². The van der Waals surface area contributed by atoms with Gasteiger partial charge in [0.05, 0.1) is 12.8 Å². The predicted octanol–water partition coefficient (Wildman–Crippen LogP) is 1.66. The number of carbonyl (C=O) groups excluding carboxylic acids is 2. The van der Waals surface area contributed by atoms with Crippen molar-refractivity contribution in [2.24, 2.45) is 0 Å². The number of furan rings is 1. The van der Waals surface area contributed by atoms with Gasteiger partial charge in [0.25, 0.3) is 5.91 Å². The molecule has 0 radical (unpaired) electrons. The molecule has 6 heteroatoms. The Morgan fingerprint density at radius 2 is 1.80 bits per heavy atom. The monoisotopic (exact) mass is 341 g/mol. The summed E-state index contributed by atoms with van der Waals surface area (Å²) < 4.78 is 5.28. The molecule has 1 N–H and O–H groups in total. The second-order valence-electron chi connectivity index (χ2n) is 6.26. The van der Waals surface area contributed by atoms with Crippen molar-refractivity contribution in [3.8, 4) is 0 Å². The van der Waals surface area contributed by atoms with Crippen LogP contribution < -0.4 is 5.32 Å². The SMILES string of the molecule is Cc1ccoc1C(=O)N1CCN(CC(=O)NCc2ccccc2)CC1. The predicted molar refractivity (Wildman–Crippen MR) is 94.1 cm³/mol. The van der Waals surface area contributed by atoms with Crippen molar-refractivity contribution in [1.29, 1.82) is 0 Å². The molecule has 2 aromatic rings. The fourth-order valence-electron chi connectivity index (χ4n) is 2.90. The minimum atomic E-state index is -0.0734. The lowest BCUT2D eigenvalue weighted by Crippen LogP contribution is -2.51. The number of hydrogen-bond acceptors (Lipinski definition) is 4. The van der Waals surface area contributed by atoms with Gasteiger partial charge in [-0.15, -0.1) is 0 Å². The highest BCUT2D eigenvalue weighted by Crippen LogP contribution is 2.13. The Balaban J connectivity index is 1.42. The number of hydrogen-bond donors (Lipinski definition) is 1. The topological polar surface area (TPSA) is 65.8 Å². The second kappa shape index (κ2) is 7.98. The van der Waals surface area contributed by atoms with Crippen molar-refractivity contribution >= 4 is 11.8 Å². The van der Waals surface area contributed by atoms with Crippen molar-refractivity contribution < 1.29 is 14.0 Å². The molecule has 1 saturated heterocycles. The molecule has 132 valence electrons. The molecule has 25 heavy (non-hydrogen) atoms. The Hall–Kier alpha value is -2.60. The highest BCUT2D eigenvalue weighted by atomic mass is 16.3. The third-order valence-corrected chi connectivity index (χ3v) is 4.42. The van der Waals surface area contributed by atoms with Crippen molar-refractivity contribution in [3.63, 3.8) is 0 Å². The standard InChI is InChI=1S/C19H23N3O3/c1-15-7-12-25-18(15)19(24)22-10-8-21(9-11-22)14-17(23)20-13-16-5-3-2-4-6-16/h2-7,12H,8-11,13-14H2,1H3,(H,20,23). The van der Waals surface area contributed by atoms with E-state index in [9.17, 15) is 9.59 Å². The third kappa shape index (κ3) is 4.48. The van der Waals surface area contributed by atoms with E-state index in [0.717, 1.165) is 11.1 Å². The normalized spacial score (nSPS) is 15.2. The van der Waals surface area contributed by atoms with E-state index in [1.807, 2.05) is 37.3 Å². The first-order chi connectivity index (χ1) is 12.1. The maximum atomic E-state index is 12.4. The molecule has 2 heterocycles. The quantitative estimate of drug-likeness (QED) is 0.898. The summed E-state index contributed by atoms with van der Waals surface area (Å²) >= 11 is 0. The van der Waals surface area contributed by atoms with Crippen LogP contribution in [-0.4, -0.2) is 54.3 Å². The van der Waals surface area contributed by atoms with Crippen LogP contribution in [0.2, 0.25) is 0 Å². The molecular formula is C19H23N3O3. The molecule has 2 amide bonds. The highest BCUT2D eigenvalue weighted by Gasteiger charge is 2.25. The summed E-state index contributed by atoms with van der Waals surface area (Å²) in [5, 5.41) is 2.93. The summed E-state index contributed by atoms with van der Waals surface area (Å²) in [5.74, 6) is 0.343. The van der Waals surface area contributed by atoms with E-state index in [1.54, 1.807) is 11.0 Å². The van der Waals surface area contributed by atoms with Gasteiger partial charge in [0.2, 0.25) is 5.91 Å². The molecular weight excluding hydrogens is 318 g/mol. The van der Waals surface area contributed by atoms with Gasteiger partial charge in [0.1, 0.15) is 0 Å². The van der Waals surface area contributed by atoms with Crippen LogP contribution in [0.5, 0.6) is 0 Å². The number of benzene rings is 1.